The molecule has 0 radical (unpaired) electrons. The number of halogens is 3. The van der Waals surface area contributed by atoms with E-state index in [1.54, 1.807) is 0 Å². The molecule has 1 N–H and O–H groups in total. The summed E-state index contributed by atoms with van der Waals surface area (Å²) in [6.07, 6.45) is -3.32. The Balaban J connectivity index is 2.48. The number of benzene rings is 1. The summed E-state index contributed by atoms with van der Waals surface area (Å²) in [6.45, 7) is 8.73. The molecule has 0 saturated carbocycles. The van der Waals surface area contributed by atoms with Gasteiger partial charge in [-0.05, 0) is 50.9 Å². The van der Waals surface area contributed by atoms with Crippen molar-refractivity contribution in [3.63, 3.8) is 0 Å². The zero-order chi connectivity index (χ0) is 20.6. The van der Waals surface area contributed by atoms with Crippen LogP contribution < -0.4 is 0 Å². The molecule has 1 aromatic rings. The quantitative estimate of drug-likeness (QED) is 0.740. The van der Waals surface area contributed by atoms with Crippen LogP contribution in [0.15, 0.2) is 23.7 Å². The third kappa shape index (κ3) is 5.09. The Morgan fingerprint density at radius 1 is 1.22 bits per heavy atom. The second-order valence-corrected chi connectivity index (χ2v) is 8.51. The molecule has 4 nitrogen and oxygen atoms in total. The van der Waals surface area contributed by atoms with Gasteiger partial charge in [0.2, 0.25) is 0 Å². The van der Waals surface area contributed by atoms with E-state index in [0.717, 1.165) is 11.8 Å². The fourth-order valence-electron chi connectivity index (χ4n) is 2.47. The Labute approximate surface area is 161 Å². The first-order valence-electron chi connectivity index (χ1n) is 8.32. The van der Waals surface area contributed by atoms with Crippen LogP contribution in [0.2, 0.25) is 0 Å². The van der Waals surface area contributed by atoms with E-state index >= 15 is 0 Å². The highest BCUT2D eigenvalue weighted by atomic mass is 32.2. The van der Waals surface area contributed by atoms with Gasteiger partial charge in [-0.2, -0.15) is 13.2 Å². The lowest BCUT2D eigenvalue weighted by molar-refractivity contribution is -0.137. The average Bonchev–Trinajstić information content (AvgIpc) is 2.71. The number of aromatic hydroxyl groups is 1. The highest BCUT2D eigenvalue weighted by Crippen LogP contribution is 2.40. The van der Waals surface area contributed by atoms with Crippen molar-refractivity contribution in [1.82, 2.24) is 0 Å². The molecule has 1 aliphatic rings. The van der Waals surface area contributed by atoms with E-state index in [9.17, 15) is 23.1 Å². The lowest BCUT2D eigenvalue weighted by Gasteiger charge is -2.32. The number of hydrogen-bond donors (Lipinski definition) is 1. The lowest BCUT2D eigenvalue weighted by Crippen LogP contribution is -2.41. The van der Waals surface area contributed by atoms with Gasteiger partial charge in [0.05, 0.1) is 16.8 Å². The van der Waals surface area contributed by atoms with E-state index in [1.165, 1.54) is 25.1 Å². The van der Waals surface area contributed by atoms with Crippen LogP contribution in [0.25, 0.3) is 6.08 Å². The van der Waals surface area contributed by atoms with Crippen LogP contribution in [0.4, 0.5) is 13.2 Å². The molecule has 1 aliphatic heterocycles. The molecule has 1 saturated heterocycles. The average molecular weight is 402 g/mol. The van der Waals surface area contributed by atoms with Crippen LogP contribution in [-0.4, -0.2) is 34.3 Å². The van der Waals surface area contributed by atoms with Crippen molar-refractivity contribution < 1.29 is 32.4 Å². The normalized spacial score (nSPS) is 19.4. The van der Waals surface area contributed by atoms with Gasteiger partial charge in [-0.3, -0.25) is 4.79 Å². The first-order chi connectivity index (χ1) is 12.2. The molecule has 0 amide bonds. The fraction of sp³-hybridized carbons (Fsp3) is 0.500. The molecule has 2 rings (SSSR count). The predicted octanol–water partition coefficient (Wildman–Crippen LogP) is 4.71. The molecule has 0 spiro atoms. The second-order valence-electron chi connectivity index (χ2n) is 7.36. The number of hydrogen-bond acceptors (Lipinski definition) is 5. The molecule has 27 heavy (non-hydrogen) atoms. The topological polar surface area (TPSA) is 55.8 Å². The first kappa shape index (κ1) is 21.9. The molecule has 9 heteroatoms. The molecule has 0 aromatic heterocycles. The van der Waals surface area contributed by atoms with Crippen molar-refractivity contribution >= 4 is 30.1 Å². The maximum absolute atomic E-state index is 13.4. The maximum atomic E-state index is 13.4. The number of carbonyl (C=O) groups excluding carboxylic acids is 1. The first-order valence-corrected chi connectivity index (χ1v) is 9.31. The van der Waals surface area contributed by atoms with E-state index in [0.29, 0.717) is 11.5 Å². The summed E-state index contributed by atoms with van der Waals surface area (Å²) in [5, 5.41) is 9.27. The van der Waals surface area contributed by atoms with E-state index in [-0.39, 0.29) is 16.4 Å². The number of thioether (sulfide) groups is 1. The van der Waals surface area contributed by atoms with Gasteiger partial charge in [0.15, 0.2) is 5.12 Å². The summed E-state index contributed by atoms with van der Waals surface area (Å²) < 4.78 is 51.9. The SMILES string of the molecule is CC(=O)SCC(=Cc1ccc(O)cc1C(F)(F)F)B1OC(C)(C)C(C)(C)O1. The van der Waals surface area contributed by atoms with Crippen LogP contribution in [-0.2, 0) is 20.3 Å². The zero-order valence-corrected chi connectivity index (χ0v) is 16.6. The summed E-state index contributed by atoms with van der Waals surface area (Å²) in [5.41, 5.74) is -2.03. The molecule has 0 atom stereocenters. The van der Waals surface area contributed by atoms with Crippen molar-refractivity contribution in [2.75, 3.05) is 5.75 Å². The molecular weight excluding hydrogens is 380 g/mol. The minimum atomic E-state index is -4.64. The van der Waals surface area contributed by atoms with Crippen molar-refractivity contribution in [3.05, 3.63) is 34.8 Å². The largest absolute Gasteiger partial charge is 0.508 e. The Morgan fingerprint density at radius 3 is 2.26 bits per heavy atom. The Morgan fingerprint density at radius 2 is 1.78 bits per heavy atom. The smallest absolute Gasteiger partial charge is 0.491 e. The van der Waals surface area contributed by atoms with Crippen LogP contribution in [0.5, 0.6) is 5.75 Å². The van der Waals surface area contributed by atoms with Crippen molar-refractivity contribution in [2.45, 2.75) is 52.0 Å². The third-order valence-corrected chi connectivity index (χ3v) is 5.57. The van der Waals surface area contributed by atoms with Gasteiger partial charge in [-0.15, -0.1) is 0 Å². The molecular formula is C18H22BF3O4S. The summed E-state index contributed by atoms with van der Waals surface area (Å²) in [6, 6.07) is 3.04. The van der Waals surface area contributed by atoms with E-state index in [2.05, 4.69) is 0 Å². The molecule has 0 bridgehead atoms. The van der Waals surface area contributed by atoms with Crippen LogP contribution in [0.3, 0.4) is 0 Å². The van der Waals surface area contributed by atoms with Gasteiger partial charge < -0.3 is 14.4 Å². The van der Waals surface area contributed by atoms with Crippen molar-refractivity contribution in [1.29, 1.82) is 0 Å². The lowest BCUT2D eigenvalue weighted by atomic mass is 9.78. The molecule has 1 aromatic carbocycles. The van der Waals surface area contributed by atoms with Gasteiger partial charge >= 0.3 is 13.3 Å². The van der Waals surface area contributed by atoms with Crippen LogP contribution in [0.1, 0.15) is 45.7 Å². The van der Waals surface area contributed by atoms with Crippen LogP contribution >= 0.6 is 11.8 Å². The highest BCUT2D eigenvalue weighted by molar-refractivity contribution is 8.13. The number of carbonyl (C=O) groups is 1. The zero-order valence-electron chi connectivity index (χ0n) is 15.8. The van der Waals surface area contributed by atoms with E-state index in [1.807, 2.05) is 27.7 Å². The maximum Gasteiger partial charge on any atom is 0.491 e. The van der Waals surface area contributed by atoms with Crippen molar-refractivity contribution in [2.24, 2.45) is 0 Å². The van der Waals surface area contributed by atoms with Gasteiger partial charge in [-0.1, -0.05) is 23.9 Å². The predicted molar refractivity (Wildman–Crippen MR) is 100 cm³/mol. The number of rotatable bonds is 4. The standard InChI is InChI=1S/C18H22BF3O4S/c1-11(23)27-10-13(19-25-16(2,3)17(4,5)26-19)8-12-6-7-14(24)9-15(12)18(20,21)22/h6-9,24H,10H2,1-5H3. The minimum absolute atomic E-state index is 0.129. The van der Waals surface area contributed by atoms with E-state index in [4.69, 9.17) is 9.31 Å². The number of phenolic OH excluding ortho intramolecular Hbond substituents is 1. The van der Waals surface area contributed by atoms with Crippen LogP contribution in [0, 0.1) is 0 Å². The molecule has 1 fully saturated rings. The van der Waals surface area contributed by atoms with Crippen molar-refractivity contribution in [3.8, 4) is 5.75 Å². The molecule has 0 unspecified atom stereocenters. The van der Waals surface area contributed by atoms with E-state index < -0.39 is 35.8 Å². The molecule has 148 valence electrons. The Hall–Kier alpha value is -1.45. The Kier molecular flexibility index (Phi) is 6.09. The molecule has 0 aliphatic carbocycles. The summed E-state index contributed by atoms with van der Waals surface area (Å²) >= 11 is 0.964. The second kappa shape index (κ2) is 7.52. The van der Waals surface area contributed by atoms with Gasteiger partial charge in [-0.25, -0.2) is 0 Å². The minimum Gasteiger partial charge on any atom is -0.508 e. The summed E-state index contributed by atoms with van der Waals surface area (Å²) in [4.78, 5) is 11.4. The highest BCUT2D eigenvalue weighted by Gasteiger charge is 2.52. The monoisotopic (exact) mass is 402 g/mol. The molecule has 1 heterocycles. The summed E-state index contributed by atoms with van der Waals surface area (Å²) in [5.74, 6) is -0.348. The van der Waals surface area contributed by atoms with Gasteiger partial charge in [0, 0.05) is 12.7 Å². The third-order valence-electron chi connectivity index (χ3n) is 4.68. The number of alkyl halides is 3. The number of phenols is 1. The fourth-order valence-corrected chi connectivity index (χ4v) is 3.06. The summed E-state index contributed by atoms with van der Waals surface area (Å²) in [7, 11) is -0.878. The van der Waals surface area contributed by atoms with Gasteiger partial charge in [0.25, 0.3) is 0 Å². The van der Waals surface area contributed by atoms with Gasteiger partial charge in [0.1, 0.15) is 5.75 Å². The Bertz CT molecular complexity index is 743.